The number of likely N-dealkylation sites (N-methyl/N-ethyl adjacent to an activating group) is 1. The highest BCUT2D eigenvalue weighted by Crippen LogP contribution is 2.42. The van der Waals surface area contributed by atoms with Crippen LogP contribution >= 0.6 is 0 Å². The maximum Gasteiger partial charge on any atom is 0.265 e. The first-order valence-electron chi connectivity index (χ1n) is 12.1. The van der Waals surface area contributed by atoms with E-state index in [0.717, 1.165) is 25.7 Å². The molecule has 2 aromatic heterocycles. The fourth-order valence-electron chi connectivity index (χ4n) is 4.47. The van der Waals surface area contributed by atoms with Crippen LogP contribution in [0.5, 0.6) is 5.75 Å². The average molecular weight is 497 g/mol. The van der Waals surface area contributed by atoms with Gasteiger partial charge in [-0.1, -0.05) is 6.92 Å². The van der Waals surface area contributed by atoms with E-state index >= 15 is 0 Å². The quantitative estimate of drug-likeness (QED) is 0.484. The molecule has 10 heteroatoms. The summed E-state index contributed by atoms with van der Waals surface area (Å²) >= 11 is 0. The van der Waals surface area contributed by atoms with Crippen molar-refractivity contribution in [2.45, 2.75) is 38.1 Å². The van der Waals surface area contributed by atoms with Crippen LogP contribution in [-0.2, 0) is 5.54 Å². The second-order valence-corrected chi connectivity index (χ2v) is 9.72. The van der Waals surface area contributed by atoms with E-state index in [4.69, 9.17) is 4.74 Å². The Bertz CT molecular complexity index is 1330. The minimum Gasteiger partial charge on any atom is -0.489 e. The Morgan fingerprint density at radius 1 is 1.22 bits per heavy atom. The van der Waals surface area contributed by atoms with Crippen molar-refractivity contribution in [1.82, 2.24) is 24.3 Å². The minimum absolute atomic E-state index is 0.100. The highest BCUT2D eigenvalue weighted by molar-refractivity contribution is 5.96. The Kier molecular flexibility index (Phi) is 7.26. The van der Waals surface area contributed by atoms with Gasteiger partial charge in [-0.3, -0.25) is 14.2 Å². The summed E-state index contributed by atoms with van der Waals surface area (Å²) in [5.74, 6) is -0.452. The number of nitrogens with one attached hydrogen (secondary N) is 1. The van der Waals surface area contributed by atoms with Crippen molar-refractivity contribution in [2.75, 3.05) is 46.7 Å². The SMILES string of the molecule is CCC1(n2c(=O)c(C(=O)N(C)C)cc3cnc(Nc4ccc(OCCN(C)C)c(F)c4)nc32)CCC1. The van der Waals surface area contributed by atoms with Gasteiger partial charge in [-0.05, 0) is 58.0 Å². The first-order chi connectivity index (χ1) is 17.1. The smallest absolute Gasteiger partial charge is 0.265 e. The second kappa shape index (κ2) is 10.2. The summed E-state index contributed by atoms with van der Waals surface area (Å²) in [5.41, 5.74) is 0.273. The normalized spacial score (nSPS) is 14.5. The Morgan fingerprint density at radius 3 is 2.56 bits per heavy atom. The molecule has 0 radical (unpaired) electrons. The van der Waals surface area contributed by atoms with Crippen molar-refractivity contribution in [2.24, 2.45) is 0 Å². The van der Waals surface area contributed by atoms with Crippen LogP contribution in [0.25, 0.3) is 11.0 Å². The number of amides is 1. The van der Waals surface area contributed by atoms with Gasteiger partial charge in [0.2, 0.25) is 5.95 Å². The van der Waals surface area contributed by atoms with Gasteiger partial charge < -0.3 is 19.9 Å². The van der Waals surface area contributed by atoms with Crippen LogP contribution < -0.4 is 15.6 Å². The lowest BCUT2D eigenvalue weighted by atomic mass is 9.74. The van der Waals surface area contributed by atoms with Gasteiger partial charge in [0.05, 0.1) is 0 Å². The number of fused-ring (bicyclic) bond motifs is 1. The summed E-state index contributed by atoms with van der Waals surface area (Å²) in [4.78, 5) is 38.7. The molecule has 1 aromatic carbocycles. The predicted molar refractivity (Wildman–Crippen MR) is 138 cm³/mol. The highest BCUT2D eigenvalue weighted by atomic mass is 19.1. The van der Waals surface area contributed by atoms with Gasteiger partial charge in [-0.15, -0.1) is 0 Å². The fourth-order valence-corrected chi connectivity index (χ4v) is 4.47. The Balaban J connectivity index is 1.71. The Morgan fingerprint density at radius 2 is 1.97 bits per heavy atom. The third kappa shape index (κ3) is 4.90. The molecule has 1 amide bonds. The van der Waals surface area contributed by atoms with Crippen molar-refractivity contribution in [3.63, 3.8) is 0 Å². The topological polar surface area (TPSA) is 92.6 Å². The summed E-state index contributed by atoms with van der Waals surface area (Å²) in [7, 11) is 7.08. The number of carbonyl (C=O) groups excluding carboxylic acids is 1. The molecular formula is C26H33FN6O3. The number of rotatable bonds is 9. The average Bonchev–Trinajstić information content (AvgIpc) is 2.80. The number of anilines is 2. The molecule has 0 spiro atoms. The molecule has 0 unspecified atom stereocenters. The van der Waals surface area contributed by atoms with Crippen LogP contribution in [-0.4, -0.2) is 71.6 Å². The number of nitrogens with zero attached hydrogens (tertiary/aromatic N) is 5. The molecule has 0 bridgehead atoms. The standard InChI is InChI=1S/C26H33FN6O3/c1-6-26(10-7-11-26)33-22-17(14-19(24(33)35)23(34)32(4)5)16-28-25(30-22)29-18-8-9-21(20(27)15-18)36-13-12-31(2)3/h8-9,14-16H,6-7,10-13H2,1-5H3,(H,28,29,30). The van der Waals surface area contributed by atoms with E-state index in [1.165, 1.54) is 11.0 Å². The summed E-state index contributed by atoms with van der Waals surface area (Å²) in [5, 5.41) is 3.63. The van der Waals surface area contributed by atoms with E-state index in [1.807, 2.05) is 25.9 Å². The van der Waals surface area contributed by atoms with Crippen LogP contribution in [0, 0.1) is 5.82 Å². The number of carbonyl (C=O) groups is 1. The zero-order valence-corrected chi connectivity index (χ0v) is 21.5. The van der Waals surface area contributed by atoms with Gasteiger partial charge in [0.1, 0.15) is 17.8 Å². The molecule has 2 heterocycles. The van der Waals surface area contributed by atoms with Crippen LogP contribution in [0.15, 0.2) is 35.3 Å². The van der Waals surface area contributed by atoms with Crippen molar-refractivity contribution in [1.29, 1.82) is 0 Å². The molecule has 1 N–H and O–H groups in total. The van der Waals surface area contributed by atoms with E-state index in [2.05, 4.69) is 15.3 Å². The lowest BCUT2D eigenvalue weighted by molar-refractivity contribution is 0.0821. The molecule has 192 valence electrons. The number of benzene rings is 1. The first kappa shape index (κ1) is 25.6. The number of aromatic nitrogens is 3. The summed E-state index contributed by atoms with van der Waals surface area (Å²) in [6.07, 6.45) is 5.02. The number of hydrogen-bond donors (Lipinski definition) is 1. The number of hydrogen-bond acceptors (Lipinski definition) is 7. The first-order valence-corrected chi connectivity index (χ1v) is 12.1. The van der Waals surface area contributed by atoms with Crippen LogP contribution in [0.4, 0.5) is 16.0 Å². The van der Waals surface area contributed by atoms with E-state index in [-0.39, 0.29) is 34.3 Å². The van der Waals surface area contributed by atoms with Crippen molar-refractivity contribution >= 4 is 28.6 Å². The Hall–Kier alpha value is -3.53. The molecule has 1 aliphatic carbocycles. The minimum atomic E-state index is -0.498. The molecule has 1 fully saturated rings. The number of ether oxygens (including phenoxy) is 1. The van der Waals surface area contributed by atoms with Crippen LogP contribution in [0.1, 0.15) is 43.0 Å². The van der Waals surface area contributed by atoms with Gasteiger partial charge in [0, 0.05) is 49.5 Å². The van der Waals surface area contributed by atoms with E-state index in [9.17, 15) is 14.0 Å². The molecule has 1 aliphatic rings. The lowest BCUT2D eigenvalue weighted by Gasteiger charge is -2.43. The summed E-state index contributed by atoms with van der Waals surface area (Å²) in [6, 6.07) is 6.13. The van der Waals surface area contributed by atoms with Gasteiger partial charge in [-0.25, -0.2) is 9.37 Å². The number of pyridine rings is 1. The van der Waals surface area contributed by atoms with E-state index in [0.29, 0.717) is 29.9 Å². The molecular weight excluding hydrogens is 463 g/mol. The van der Waals surface area contributed by atoms with Crippen LogP contribution in [0.3, 0.4) is 0 Å². The highest BCUT2D eigenvalue weighted by Gasteiger charge is 2.40. The van der Waals surface area contributed by atoms with Crippen molar-refractivity contribution in [3.8, 4) is 5.75 Å². The lowest BCUT2D eigenvalue weighted by Crippen LogP contribution is -2.48. The van der Waals surface area contributed by atoms with E-state index < -0.39 is 5.82 Å². The third-order valence-corrected chi connectivity index (χ3v) is 6.78. The molecule has 36 heavy (non-hydrogen) atoms. The summed E-state index contributed by atoms with van der Waals surface area (Å²) in [6.45, 7) is 3.09. The largest absolute Gasteiger partial charge is 0.489 e. The third-order valence-electron chi connectivity index (χ3n) is 6.78. The molecule has 9 nitrogen and oxygen atoms in total. The van der Waals surface area contributed by atoms with Gasteiger partial charge >= 0.3 is 0 Å². The van der Waals surface area contributed by atoms with Gasteiger partial charge in [0.25, 0.3) is 11.5 Å². The molecule has 4 rings (SSSR count). The van der Waals surface area contributed by atoms with Gasteiger partial charge in [-0.2, -0.15) is 4.98 Å². The molecule has 0 saturated heterocycles. The molecule has 1 saturated carbocycles. The number of halogens is 1. The molecule has 0 atom stereocenters. The zero-order valence-electron chi connectivity index (χ0n) is 21.5. The maximum atomic E-state index is 14.6. The predicted octanol–water partition coefficient (Wildman–Crippen LogP) is 3.61. The van der Waals surface area contributed by atoms with Crippen molar-refractivity contribution < 1.29 is 13.9 Å². The van der Waals surface area contributed by atoms with E-state index in [1.54, 1.807) is 43.1 Å². The van der Waals surface area contributed by atoms with Gasteiger partial charge in [0.15, 0.2) is 11.6 Å². The maximum absolute atomic E-state index is 14.6. The fraction of sp³-hybridized carbons (Fsp3) is 0.462. The Labute approximate surface area is 209 Å². The van der Waals surface area contributed by atoms with Crippen molar-refractivity contribution in [3.05, 3.63) is 52.2 Å². The second-order valence-electron chi connectivity index (χ2n) is 9.72. The molecule has 3 aromatic rings. The monoisotopic (exact) mass is 496 g/mol. The summed E-state index contributed by atoms with van der Waals surface area (Å²) < 4.78 is 21.8. The van der Waals surface area contributed by atoms with Crippen LogP contribution in [0.2, 0.25) is 0 Å². The zero-order chi connectivity index (χ0) is 26.0. The molecule has 0 aliphatic heterocycles.